The Morgan fingerprint density at radius 2 is 0.750 bits per heavy atom. The Bertz CT molecular complexity index is 6.00. The molecule has 3 radical (unpaired) electrons. The monoisotopic (exact) mass is 99.0 g/mol. The summed E-state index contributed by atoms with van der Waals surface area (Å²) in [6.45, 7) is 0. The second kappa shape index (κ2) is 61.3. The highest BCUT2D eigenvalue weighted by atomic mass is 35.5. The minimum Gasteiger partial charge on any atom is -0.147 e. The Morgan fingerprint density at radius 3 is 0.750 bits per heavy atom. The van der Waals surface area contributed by atoms with Gasteiger partial charge in [-0.1, -0.05) is 7.43 Å². The first-order valence-corrected chi connectivity index (χ1v) is 0. The molecule has 0 heterocycles. The molecule has 0 aromatic rings. The highest BCUT2D eigenvalue weighted by Crippen LogP contribution is 0.691. The van der Waals surface area contributed by atoms with Crippen molar-refractivity contribution in [3.8, 4) is 0 Å². The van der Waals surface area contributed by atoms with Gasteiger partial charge in [0, 0.05) is 8.41 Å². The predicted molar refractivity (Wildman–Crippen MR) is 27.0 cm³/mol. The van der Waals surface area contributed by atoms with Gasteiger partial charge < -0.3 is 0 Å². The van der Waals surface area contributed by atoms with E-state index in [2.05, 4.69) is 0 Å². The summed E-state index contributed by atoms with van der Waals surface area (Å²) in [6.07, 6.45) is 0. The first kappa shape index (κ1) is 148. The third kappa shape index (κ3) is 17.2. The van der Waals surface area contributed by atoms with Crippen LogP contribution < -0.4 is 0 Å². The van der Waals surface area contributed by atoms with Gasteiger partial charge in [0.15, 0.2) is 0 Å². The van der Waals surface area contributed by atoms with E-state index in [0.29, 0.717) is 0 Å². The van der Waals surface area contributed by atoms with E-state index in [4.69, 9.17) is 0 Å². The van der Waals surface area contributed by atoms with Gasteiger partial charge in [-0.15, -0.1) is 24.8 Å². The van der Waals surface area contributed by atoms with E-state index in [9.17, 15) is 0 Å². The minimum absolute atomic E-state index is 0. The van der Waals surface area contributed by atoms with Gasteiger partial charge in [0.2, 0.25) is 0 Å². The molecule has 0 atom stereocenters. The van der Waals surface area contributed by atoms with Crippen LogP contribution in [-0.4, -0.2) is 8.41 Å². The lowest BCUT2D eigenvalue weighted by molar-refractivity contribution is 2.50. The molecule has 0 unspecified atom stereocenters. The van der Waals surface area contributed by atoms with Gasteiger partial charge >= 0.3 is 0 Å². The Morgan fingerprint density at radius 1 is 0.750 bits per heavy atom. The molecule has 0 aliphatic carbocycles. The molecule has 0 aliphatic heterocycles. The van der Waals surface area contributed by atoms with E-state index in [0.717, 1.165) is 0 Å². The predicted octanol–water partition coefficient (Wildman–Crippen LogP) is 1.10. The number of hydrogen-bond acceptors (Lipinski definition) is 0. The molecule has 0 saturated carbocycles. The maximum absolute atomic E-state index is 0. The summed E-state index contributed by atoms with van der Waals surface area (Å²) < 4.78 is 0. The van der Waals surface area contributed by atoms with Crippen LogP contribution in [0.3, 0.4) is 0 Å². The van der Waals surface area contributed by atoms with E-state index in [1.165, 1.54) is 0 Å². The molecular formula is CH6BCl2. The fourth-order valence-electron chi connectivity index (χ4n) is 0. The highest BCUT2D eigenvalue weighted by molar-refractivity contribution is 5.85. The van der Waals surface area contributed by atoms with Crippen LogP contribution in [0.4, 0.5) is 0 Å². The van der Waals surface area contributed by atoms with Crippen molar-refractivity contribution in [3.05, 3.63) is 0 Å². The van der Waals surface area contributed by atoms with Crippen molar-refractivity contribution in [1.29, 1.82) is 0 Å². The summed E-state index contributed by atoms with van der Waals surface area (Å²) in [5.41, 5.74) is 0. The average Bonchev–Trinajstić information content (AvgIpc) is 0. The normalized spacial score (nSPS) is 0. The quantitative estimate of drug-likeness (QED) is 0.399. The fraction of sp³-hybridized carbons (Fsp3) is 1.00. The maximum Gasteiger partial charge on any atom is 0 e. The summed E-state index contributed by atoms with van der Waals surface area (Å²) in [4.78, 5) is 0. The Labute approximate surface area is 41.4 Å². The molecule has 0 spiro atoms. The first-order valence-electron chi connectivity index (χ1n) is 0. The van der Waals surface area contributed by atoms with Crippen LogP contribution in [0.25, 0.3) is 0 Å². The van der Waals surface area contributed by atoms with Gasteiger partial charge in [0.1, 0.15) is 0 Å². The van der Waals surface area contributed by atoms with Crippen LogP contribution >= 0.6 is 24.8 Å². The second-order valence-corrected chi connectivity index (χ2v) is 0. The average molecular weight is 99.8 g/mol. The molecule has 0 aromatic carbocycles. The standard InChI is InChI=1S/CH4.B.2ClH/h1H4;;2*1H. The molecule has 3 heteroatoms. The van der Waals surface area contributed by atoms with Gasteiger partial charge in [-0.3, -0.25) is 0 Å². The molecule has 27 valence electrons. The van der Waals surface area contributed by atoms with Gasteiger partial charge in [-0.25, -0.2) is 0 Å². The van der Waals surface area contributed by atoms with Crippen molar-refractivity contribution >= 4 is 33.2 Å². The summed E-state index contributed by atoms with van der Waals surface area (Å²) in [6, 6.07) is 0. The van der Waals surface area contributed by atoms with Crippen molar-refractivity contribution in [2.75, 3.05) is 0 Å². The maximum atomic E-state index is 0. The molecule has 0 aliphatic rings. The lowest BCUT2D eigenvalue weighted by atomic mass is 10.8. The smallest absolute Gasteiger partial charge is 0 e. The third-order valence-electron chi connectivity index (χ3n) is 0. The zero-order valence-electron chi connectivity index (χ0n) is 1.39. The van der Waals surface area contributed by atoms with Crippen molar-refractivity contribution in [2.45, 2.75) is 7.43 Å². The van der Waals surface area contributed by atoms with E-state index >= 15 is 0 Å². The molecule has 0 N–H and O–H groups in total. The van der Waals surface area contributed by atoms with E-state index in [-0.39, 0.29) is 40.7 Å². The van der Waals surface area contributed by atoms with Gasteiger partial charge in [0.25, 0.3) is 0 Å². The first-order chi connectivity index (χ1) is 0. The Kier molecular flexibility index (Phi) is 2270. The van der Waals surface area contributed by atoms with Crippen molar-refractivity contribution in [3.63, 3.8) is 0 Å². The lowest BCUT2D eigenvalue weighted by Crippen LogP contribution is -0.381. The summed E-state index contributed by atoms with van der Waals surface area (Å²) in [5, 5.41) is 0. The van der Waals surface area contributed by atoms with E-state index < -0.39 is 0 Å². The zero-order valence-corrected chi connectivity index (χ0v) is 3.03. The summed E-state index contributed by atoms with van der Waals surface area (Å²) >= 11 is 0. The van der Waals surface area contributed by atoms with Gasteiger partial charge in [0.05, 0.1) is 0 Å². The third-order valence-corrected chi connectivity index (χ3v) is 0. The van der Waals surface area contributed by atoms with Crippen LogP contribution in [0.5, 0.6) is 0 Å². The SMILES string of the molecule is C.Cl.Cl.[B]. The molecule has 0 saturated heterocycles. The van der Waals surface area contributed by atoms with Crippen molar-refractivity contribution in [1.82, 2.24) is 0 Å². The Hall–Kier alpha value is 0.645. The summed E-state index contributed by atoms with van der Waals surface area (Å²) in [5.74, 6) is 0. The minimum atomic E-state index is 0. The van der Waals surface area contributed by atoms with Crippen LogP contribution in [-0.2, 0) is 0 Å². The molecule has 4 heavy (non-hydrogen) atoms. The molecule has 0 nitrogen and oxygen atoms in total. The van der Waals surface area contributed by atoms with Crippen LogP contribution in [0.2, 0.25) is 0 Å². The largest absolute Gasteiger partial charge is 0.147 e. The van der Waals surface area contributed by atoms with Crippen LogP contribution in [0, 0.1) is 0 Å². The van der Waals surface area contributed by atoms with Crippen LogP contribution in [0.15, 0.2) is 0 Å². The fourth-order valence-corrected chi connectivity index (χ4v) is 0. The molecule has 0 aromatic heterocycles. The van der Waals surface area contributed by atoms with E-state index in [1.807, 2.05) is 0 Å². The summed E-state index contributed by atoms with van der Waals surface area (Å²) in [7, 11) is 0. The van der Waals surface area contributed by atoms with Crippen molar-refractivity contribution < 1.29 is 0 Å². The lowest BCUT2D eigenvalue weighted by Gasteiger charge is -0.148. The zero-order chi connectivity index (χ0) is 0. The second-order valence-electron chi connectivity index (χ2n) is 0. The molecule has 0 rings (SSSR count). The van der Waals surface area contributed by atoms with E-state index in [1.54, 1.807) is 0 Å². The van der Waals surface area contributed by atoms with Crippen LogP contribution in [0.1, 0.15) is 7.43 Å². The molecule has 0 amide bonds. The number of halogens is 2. The molecule has 0 fully saturated rings. The number of rotatable bonds is 0. The Balaban J connectivity index is 0. The van der Waals surface area contributed by atoms with Crippen molar-refractivity contribution in [2.24, 2.45) is 0 Å². The molecule has 0 bridgehead atoms. The molecular weight excluding hydrogens is 93.7 g/mol. The number of hydrogen-bond donors (Lipinski definition) is 0. The topological polar surface area (TPSA) is 0 Å². The van der Waals surface area contributed by atoms with Gasteiger partial charge in [-0.2, -0.15) is 0 Å². The van der Waals surface area contributed by atoms with Gasteiger partial charge in [-0.05, 0) is 0 Å². The highest BCUT2D eigenvalue weighted by Gasteiger charge is 0.0000270.